The molecule has 0 radical (unpaired) electrons. The van der Waals surface area contributed by atoms with Crippen molar-refractivity contribution in [3.8, 4) is 23.0 Å². The number of likely N-dealkylation sites (N-methyl/N-ethyl adjacent to an activating group) is 1. The second-order valence-electron chi connectivity index (χ2n) is 7.18. The van der Waals surface area contributed by atoms with Gasteiger partial charge < -0.3 is 24.3 Å². The fourth-order valence-corrected chi connectivity index (χ4v) is 3.42. The number of carbonyl (C=O) groups is 1. The van der Waals surface area contributed by atoms with Crippen LogP contribution in [0, 0.1) is 0 Å². The Labute approximate surface area is 177 Å². The van der Waals surface area contributed by atoms with Crippen molar-refractivity contribution in [1.82, 2.24) is 10.2 Å². The summed E-state index contributed by atoms with van der Waals surface area (Å²) in [6.07, 6.45) is 0. The highest BCUT2D eigenvalue weighted by Crippen LogP contribution is 2.32. The molecule has 0 saturated carbocycles. The van der Waals surface area contributed by atoms with Gasteiger partial charge >= 0.3 is 0 Å². The molecule has 1 amide bonds. The molecule has 0 spiro atoms. The van der Waals surface area contributed by atoms with Gasteiger partial charge in [-0.3, -0.25) is 9.69 Å². The molecule has 0 fully saturated rings. The van der Waals surface area contributed by atoms with Gasteiger partial charge in [0.05, 0.1) is 26.8 Å². The van der Waals surface area contributed by atoms with Crippen molar-refractivity contribution in [2.24, 2.45) is 0 Å². The number of carbonyl (C=O) groups excluding carboxylic acids is 1. The highest BCUT2D eigenvalue weighted by Gasteiger charge is 2.17. The number of methoxy groups -OCH3 is 2. The van der Waals surface area contributed by atoms with E-state index in [0.717, 1.165) is 29.2 Å². The van der Waals surface area contributed by atoms with E-state index in [1.807, 2.05) is 50.2 Å². The lowest BCUT2D eigenvalue weighted by atomic mass is 10.1. The van der Waals surface area contributed by atoms with Gasteiger partial charge in [-0.2, -0.15) is 0 Å². The number of hydrogen-bond donors (Lipinski definition) is 1. The van der Waals surface area contributed by atoms with Crippen LogP contribution >= 0.6 is 0 Å². The molecule has 1 atom stereocenters. The molecule has 1 aliphatic heterocycles. The first kappa shape index (κ1) is 21.8. The molecule has 7 heteroatoms. The molecule has 0 aliphatic carbocycles. The maximum atomic E-state index is 12.6. The molecule has 1 aliphatic rings. The molecular weight excluding hydrogens is 384 g/mol. The molecule has 3 rings (SSSR count). The summed E-state index contributed by atoms with van der Waals surface area (Å²) in [7, 11) is 3.23. The maximum absolute atomic E-state index is 12.6. The van der Waals surface area contributed by atoms with Crippen molar-refractivity contribution >= 4 is 5.91 Å². The highest BCUT2D eigenvalue weighted by molar-refractivity contribution is 5.78. The molecule has 7 nitrogen and oxygen atoms in total. The number of hydrogen-bond acceptors (Lipinski definition) is 6. The molecule has 1 unspecified atom stereocenters. The van der Waals surface area contributed by atoms with Gasteiger partial charge in [-0.15, -0.1) is 0 Å². The number of benzene rings is 2. The Hall–Kier alpha value is -2.93. The van der Waals surface area contributed by atoms with Crippen LogP contribution in [0.2, 0.25) is 0 Å². The summed E-state index contributed by atoms with van der Waals surface area (Å²) in [5.41, 5.74) is 2.04. The first-order valence-electron chi connectivity index (χ1n) is 10.2. The van der Waals surface area contributed by atoms with Crippen LogP contribution in [0.3, 0.4) is 0 Å². The Balaban J connectivity index is 1.58. The second-order valence-corrected chi connectivity index (χ2v) is 7.18. The van der Waals surface area contributed by atoms with Gasteiger partial charge in [0.1, 0.15) is 13.2 Å². The standard InChI is InChI=1S/C23H30N2O5/c1-5-25(14-17-6-8-19(27-3)21(12-17)28-4)15-23(26)24-16(2)18-7-9-20-22(13-18)30-11-10-29-20/h6-9,12-13,16H,5,10-11,14-15H2,1-4H3,(H,24,26). The summed E-state index contributed by atoms with van der Waals surface area (Å²) in [5, 5.41) is 3.07. The summed E-state index contributed by atoms with van der Waals surface area (Å²) in [4.78, 5) is 14.7. The smallest absolute Gasteiger partial charge is 0.234 e. The minimum atomic E-state index is -0.131. The molecular formula is C23H30N2O5. The first-order chi connectivity index (χ1) is 14.5. The molecule has 0 aromatic heterocycles. The Morgan fingerprint density at radius 1 is 1.07 bits per heavy atom. The van der Waals surface area contributed by atoms with E-state index < -0.39 is 0 Å². The number of amides is 1. The van der Waals surface area contributed by atoms with Gasteiger partial charge in [0.25, 0.3) is 0 Å². The molecule has 30 heavy (non-hydrogen) atoms. The fourth-order valence-electron chi connectivity index (χ4n) is 3.42. The minimum absolute atomic E-state index is 0.0280. The average molecular weight is 415 g/mol. The van der Waals surface area contributed by atoms with Gasteiger partial charge in [-0.1, -0.05) is 19.1 Å². The van der Waals surface area contributed by atoms with Crippen molar-refractivity contribution in [1.29, 1.82) is 0 Å². The van der Waals surface area contributed by atoms with Gasteiger partial charge in [0.2, 0.25) is 5.91 Å². The van der Waals surface area contributed by atoms with Crippen LogP contribution in [0.4, 0.5) is 0 Å². The lowest BCUT2D eigenvalue weighted by Crippen LogP contribution is -2.38. The predicted octanol–water partition coefficient (Wildman–Crippen LogP) is 3.17. The van der Waals surface area contributed by atoms with E-state index in [1.54, 1.807) is 14.2 Å². The zero-order valence-electron chi connectivity index (χ0n) is 18.1. The Bertz CT molecular complexity index is 871. The van der Waals surface area contributed by atoms with Crippen LogP contribution in [0.25, 0.3) is 0 Å². The lowest BCUT2D eigenvalue weighted by Gasteiger charge is -2.23. The van der Waals surface area contributed by atoms with Crippen molar-refractivity contribution in [2.45, 2.75) is 26.4 Å². The third kappa shape index (κ3) is 5.36. The van der Waals surface area contributed by atoms with Crippen LogP contribution in [-0.4, -0.2) is 51.3 Å². The molecule has 2 aromatic rings. The number of rotatable bonds is 9. The third-order valence-electron chi connectivity index (χ3n) is 5.11. The van der Waals surface area contributed by atoms with Crippen LogP contribution in [-0.2, 0) is 11.3 Å². The summed E-state index contributed by atoms with van der Waals surface area (Å²) < 4.78 is 21.9. The van der Waals surface area contributed by atoms with Crippen molar-refractivity contribution < 1.29 is 23.7 Å². The lowest BCUT2D eigenvalue weighted by molar-refractivity contribution is -0.123. The number of nitrogens with one attached hydrogen (secondary N) is 1. The summed E-state index contributed by atoms with van der Waals surface area (Å²) in [6, 6.07) is 11.5. The van der Waals surface area contributed by atoms with Crippen LogP contribution in [0.1, 0.15) is 31.0 Å². The first-order valence-corrected chi connectivity index (χ1v) is 10.2. The minimum Gasteiger partial charge on any atom is -0.493 e. The van der Waals surface area contributed by atoms with Crippen LogP contribution in [0.5, 0.6) is 23.0 Å². The van der Waals surface area contributed by atoms with Gasteiger partial charge in [0.15, 0.2) is 23.0 Å². The van der Waals surface area contributed by atoms with Crippen molar-refractivity contribution in [2.75, 3.05) is 40.5 Å². The Kier molecular flexibility index (Phi) is 7.41. The van der Waals surface area contributed by atoms with E-state index in [-0.39, 0.29) is 11.9 Å². The van der Waals surface area contributed by atoms with E-state index >= 15 is 0 Å². The van der Waals surface area contributed by atoms with Gasteiger partial charge in [-0.05, 0) is 48.9 Å². The van der Waals surface area contributed by atoms with E-state index in [4.69, 9.17) is 18.9 Å². The van der Waals surface area contributed by atoms with Crippen molar-refractivity contribution in [3.05, 3.63) is 47.5 Å². The van der Waals surface area contributed by atoms with Crippen molar-refractivity contribution in [3.63, 3.8) is 0 Å². The zero-order chi connectivity index (χ0) is 21.5. The van der Waals surface area contributed by atoms with Crippen LogP contribution < -0.4 is 24.3 Å². The highest BCUT2D eigenvalue weighted by atomic mass is 16.6. The topological polar surface area (TPSA) is 69.3 Å². The van der Waals surface area contributed by atoms with Gasteiger partial charge in [0, 0.05) is 6.54 Å². The summed E-state index contributed by atoms with van der Waals surface area (Å²) in [6.45, 7) is 6.80. The van der Waals surface area contributed by atoms with E-state index in [0.29, 0.717) is 37.8 Å². The average Bonchev–Trinajstić information content (AvgIpc) is 2.77. The van der Waals surface area contributed by atoms with E-state index in [2.05, 4.69) is 10.2 Å². The fraction of sp³-hybridized carbons (Fsp3) is 0.435. The van der Waals surface area contributed by atoms with E-state index in [1.165, 1.54) is 0 Å². The summed E-state index contributed by atoms with van der Waals surface area (Å²) in [5.74, 6) is 2.82. The molecule has 0 bridgehead atoms. The maximum Gasteiger partial charge on any atom is 0.234 e. The largest absolute Gasteiger partial charge is 0.493 e. The van der Waals surface area contributed by atoms with Gasteiger partial charge in [-0.25, -0.2) is 0 Å². The number of fused-ring (bicyclic) bond motifs is 1. The SMILES string of the molecule is CCN(CC(=O)NC(C)c1ccc2c(c1)OCCO2)Cc1ccc(OC)c(OC)c1. The Morgan fingerprint density at radius 3 is 2.50 bits per heavy atom. The molecule has 1 heterocycles. The van der Waals surface area contributed by atoms with Crippen LogP contribution in [0.15, 0.2) is 36.4 Å². The quantitative estimate of drug-likeness (QED) is 0.680. The summed E-state index contributed by atoms with van der Waals surface area (Å²) >= 11 is 0. The number of ether oxygens (including phenoxy) is 4. The normalized spacial score (nSPS) is 13.6. The molecule has 2 aromatic carbocycles. The number of nitrogens with zero attached hydrogens (tertiary/aromatic N) is 1. The monoisotopic (exact) mass is 414 g/mol. The third-order valence-corrected chi connectivity index (χ3v) is 5.11. The molecule has 0 saturated heterocycles. The zero-order valence-corrected chi connectivity index (χ0v) is 18.1. The molecule has 1 N–H and O–H groups in total. The molecule has 162 valence electrons. The second kappa shape index (κ2) is 10.2. The Morgan fingerprint density at radius 2 is 1.80 bits per heavy atom. The van der Waals surface area contributed by atoms with E-state index in [9.17, 15) is 4.79 Å². The predicted molar refractivity (Wildman–Crippen MR) is 114 cm³/mol.